The van der Waals surface area contributed by atoms with E-state index in [4.69, 9.17) is 11.6 Å². The van der Waals surface area contributed by atoms with Crippen LogP contribution in [0.2, 0.25) is 5.02 Å². The van der Waals surface area contributed by atoms with E-state index in [0.717, 1.165) is 11.9 Å². The van der Waals surface area contributed by atoms with Crippen molar-refractivity contribution in [1.82, 2.24) is 9.97 Å². The topological polar surface area (TPSA) is 104 Å². The van der Waals surface area contributed by atoms with Gasteiger partial charge in [-0.05, 0) is 43.3 Å². The van der Waals surface area contributed by atoms with Crippen LogP contribution in [0, 0.1) is 5.82 Å². The summed E-state index contributed by atoms with van der Waals surface area (Å²) in [6, 6.07) is 9.00. The fourth-order valence-corrected chi connectivity index (χ4v) is 3.41. The van der Waals surface area contributed by atoms with Crippen LogP contribution in [0.4, 0.5) is 15.8 Å². The molecule has 2 aromatic heterocycles. The number of benzene rings is 1. The van der Waals surface area contributed by atoms with E-state index in [9.17, 15) is 17.6 Å². The summed E-state index contributed by atoms with van der Waals surface area (Å²) in [5.74, 6) is -0.899. The molecule has 152 valence electrons. The SMILES string of the molecule is CCS(=O)(=O)Nc1cc(Cl)cc(NC(=O)c2c[nH]c(Cc3ccc(F)cn3)c2)c1. The Bertz CT molecular complexity index is 1130. The minimum atomic E-state index is -3.47. The second kappa shape index (κ2) is 8.62. The van der Waals surface area contributed by atoms with Crippen molar-refractivity contribution in [2.24, 2.45) is 0 Å². The number of aromatic amines is 1. The molecule has 0 bridgehead atoms. The van der Waals surface area contributed by atoms with Gasteiger partial charge in [0.1, 0.15) is 5.82 Å². The molecule has 0 unspecified atom stereocenters. The second-order valence-electron chi connectivity index (χ2n) is 6.25. The van der Waals surface area contributed by atoms with Crippen LogP contribution in [0.15, 0.2) is 48.8 Å². The molecule has 3 aromatic rings. The highest BCUT2D eigenvalue weighted by Gasteiger charge is 2.12. The number of nitrogens with zero attached hydrogens (tertiary/aromatic N) is 1. The van der Waals surface area contributed by atoms with E-state index in [1.807, 2.05) is 0 Å². The lowest BCUT2D eigenvalue weighted by Crippen LogP contribution is -2.15. The molecule has 0 atom stereocenters. The third-order valence-electron chi connectivity index (χ3n) is 3.97. The molecule has 3 N–H and O–H groups in total. The average Bonchev–Trinajstić information content (AvgIpc) is 3.11. The van der Waals surface area contributed by atoms with Crippen LogP contribution < -0.4 is 10.0 Å². The number of carbonyl (C=O) groups is 1. The van der Waals surface area contributed by atoms with Crippen molar-refractivity contribution in [3.05, 3.63) is 76.6 Å². The van der Waals surface area contributed by atoms with Gasteiger partial charge in [-0.2, -0.15) is 0 Å². The van der Waals surface area contributed by atoms with Gasteiger partial charge >= 0.3 is 0 Å². The lowest BCUT2D eigenvalue weighted by molar-refractivity contribution is 0.102. The predicted molar refractivity (Wildman–Crippen MR) is 110 cm³/mol. The zero-order chi connectivity index (χ0) is 21.0. The molecule has 0 saturated heterocycles. The van der Waals surface area contributed by atoms with Crippen molar-refractivity contribution in [3.63, 3.8) is 0 Å². The molecule has 2 heterocycles. The normalized spacial score (nSPS) is 11.3. The molecule has 0 saturated carbocycles. The number of anilines is 2. The maximum atomic E-state index is 12.9. The lowest BCUT2D eigenvalue weighted by Gasteiger charge is -2.10. The number of sulfonamides is 1. The van der Waals surface area contributed by atoms with Crippen LogP contribution in [0.1, 0.15) is 28.7 Å². The van der Waals surface area contributed by atoms with E-state index >= 15 is 0 Å². The summed E-state index contributed by atoms with van der Waals surface area (Å²) >= 11 is 6.03. The van der Waals surface area contributed by atoms with Gasteiger partial charge in [-0.3, -0.25) is 14.5 Å². The minimum absolute atomic E-state index is 0.0871. The Morgan fingerprint density at radius 2 is 1.97 bits per heavy atom. The Balaban J connectivity index is 1.71. The van der Waals surface area contributed by atoms with Crippen LogP contribution >= 0.6 is 11.6 Å². The van der Waals surface area contributed by atoms with Gasteiger partial charge in [0.2, 0.25) is 10.0 Å². The van der Waals surface area contributed by atoms with Gasteiger partial charge in [0.05, 0.1) is 23.2 Å². The number of halogens is 2. The summed E-state index contributed by atoms with van der Waals surface area (Å²) < 4.78 is 38.8. The molecule has 29 heavy (non-hydrogen) atoms. The number of amides is 1. The summed E-state index contributed by atoms with van der Waals surface area (Å²) in [4.78, 5) is 19.5. The van der Waals surface area contributed by atoms with E-state index in [1.54, 1.807) is 18.3 Å². The van der Waals surface area contributed by atoms with E-state index in [1.165, 1.54) is 31.2 Å². The quantitative estimate of drug-likeness (QED) is 0.523. The van der Waals surface area contributed by atoms with Crippen molar-refractivity contribution >= 4 is 38.9 Å². The molecule has 0 aliphatic heterocycles. The number of H-pyrrole nitrogens is 1. The Labute approximate surface area is 172 Å². The number of nitrogens with one attached hydrogen (secondary N) is 3. The number of hydrogen-bond acceptors (Lipinski definition) is 4. The Morgan fingerprint density at radius 3 is 2.66 bits per heavy atom. The summed E-state index contributed by atoms with van der Waals surface area (Å²) in [6.45, 7) is 1.51. The molecule has 0 aliphatic carbocycles. The molecule has 7 nitrogen and oxygen atoms in total. The molecule has 1 aromatic carbocycles. The first-order chi connectivity index (χ1) is 13.7. The van der Waals surface area contributed by atoms with Crippen LogP contribution in [-0.4, -0.2) is 30.0 Å². The van der Waals surface area contributed by atoms with E-state index in [2.05, 4.69) is 20.0 Å². The largest absolute Gasteiger partial charge is 0.364 e. The van der Waals surface area contributed by atoms with Gasteiger partial charge in [0, 0.05) is 34.7 Å². The van der Waals surface area contributed by atoms with E-state index in [-0.39, 0.29) is 16.5 Å². The molecular formula is C19H18ClFN4O3S. The van der Waals surface area contributed by atoms with Crippen LogP contribution in [0.25, 0.3) is 0 Å². The third kappa shape index (κ3) is 5.78. The maximum absolute atomic E-state index is 12.9. The monoisotopic (exact) mass is 436 g/mol. The van der Waals surface area contributed by atoms with Crippen molar-refractivity contribution in [2.45, 2.75) is 13.3 Å². The van der Waals surface area contributed by atoms with Crippen molar-refractivity contribution in [2.75, 3.05) is 15.8 Å². The smallest absolute Gasteiger partial charge is 0.257 e. The number of hydrogen-bond donors (Lipinski definition) is 3. The van der Waals surface area contributed by atoms with Crippen molar-refractivity contribution in [3.8, 4) is 0 Å². The van der Waals surface area contributed by atoms with Gasteiger partial charge in [0.25, 0.3) is 5.91 Å². The van der Waals surface area contributed by atoms with E-state index < -0.39 is 21.7 Å². The molecule has 0 radical (unpaired) electrons. The summed E-state index contributed by atoms with van der Waals surface area (Å²) in [5, 5.41) is 2.96. The molecule has 1 amide bonds. The molecule has 0 fully saturated rings. The Morgan fingerprint density at radius 1 is 1.21 bits per heavy atom. The molecule has 10 heteroatoms. The zero-order valence-corrected chi connectivity index (χ0v) is 16.9. The molecule has 0 spiro atoms. The highest BCUT2D eigenvalue weighted by molar-refractivity contribution is 7.92. The first-order valence-corrected chi connectivity index (χ1v) is 10.7. The summed E-state index contributed by atoms with van der Waals surface area (Å²) in [6.07, 6.45) is 3.09. The lowest BCUT2D eigenvalue weighted by atomic mass is 10.2. The fourth-order valence-electron chi connectivity index (χ4n) is 2.56. The number of pyridine rings is 1. The Hall–Kier alpha value is -2.91. The maximum Gasteiger partial charge on any atom is 0.257 e. The molecule has 0 aliphatic rings. The van der Waals surface area contributed by atoms with Crippen LogP contribution in [0.3, 0.4) is 0 Å². The highest BCUT2D eigenvalue weighted by Crippen LogP contribution is 2.24. The van der Waals surface area contributed by atoms with Gasteiger partial charge < -0.3 is 10.3 Å². The molecule has 3 rings (SSSR count). The van der Waals surface area contributed by atoms with Crippen LogP contribution in [0.5, 0.6) is 0 Å². The van der Waals surface area contributed by atoms with Gasteiger partial charge in [-0.25, -0.2) is 12.8 Å². The van der Waals surface area contributed by atoms with Gasteiger partial charge in [-0.15, -0.1) is 0 Å². The highest BCUT2D eigenvalue weighted by atomic mass is 35.5. The van der Waals surface area contributed by atoms with Gasteiger partial charge in [-0.1, -0.05) is 11.6 Å². The average molecular weight is 437 g/mol. The second-order valence-corrected chi connectivity index (χ2v) is 8.69. The fraction of sp³-hybridized carbons (Fsp3) is 0.158. The number of rotatable bonds is 7. The van der Waals surface area contributed by atoms with E-state index in [0.29, 0.717) is 23.4 Å². The first-order valence-electron chi connectivity index (χ1n) is 8.64. The number of aromatic nitrogens is 2. The molecular weight excluding hydrogens is 419 g/mol. The predicted octanol–water partition coefficient (Wildman–Crippen LogP) is 3.81. The van der Waals surface area contributed by atoms with Crippen molar-refractivity contribution in [1.29, 1.82) is 0 Å². The van der Waals surface area contributed by atoms with Crippen molar-refractivity contribution < 1.29 is 17.6 Å². The summed E-state index contributed by atoms with van der Waals surface area (Å²) in [5.41, 5.74) is 2.36. The third-order valence-corrected chi connectivity index (χ3v) is 5.50. The standard InChI is InChI=1S/C19H18ClFN4O3S/c1-2-29(27,28)25-18-7-13(20)6-17(9-18)24-19(26)12-5-16(22-10-12)8-15-4-3-14(21)11-23-15/h3-7,9-11,22,25H,2,8H2,1H3,(H,24,26). The minimum Gasteiger partial charge on any atom is -0.364 e. The van der Waals surface area contributed by atoms with Crippen LogP contribution in [-0.2, 0) is 16.4 Å². The first kappa shape index (κ1) is 20.8. The Kier molecular flexibility index (Phi) is 6.19. The number of carbonyl (C=O) groups excluding carboxylic acids is 1. The zero-order valence-electron chi connectivity index (χ0n) is 15.4. The summed E-state index contributed by atoms with van der Waals surface area (Å²) in [7, 11) is -3.47. The van der Waals surface area contributed by atoms with Gasteiger partial charge in [0.15, 0.2) is 0 Å².